The average molecular weight is 624 g/mol. The van der Waals surface area contributed by atoms with Gasteiger partial charge in [0, 0.05) is 59.7 Å². The van der Waals surface area contributed by atoms with Gasteiger partial charge in [0.05, 0.1) is 33.3 Å². The molecule has 1 saturated carbocycles. The van der Waals surface area contributed by atoms with Gasteiger partial charge in [-0.2, -0.15) is 9.61 Å². The summed E-state index contributed by atoms with van der Waals surface area (Å²) in [6.07, 6.45) is 7.58. The topological polar surface area (TPSA) is 167 Å². The fraction of sp³-hybridized carbons (Fsp3) is 0.407. The number of anilines is 2. The Morgan fingerprint density at radius 3 is 2.79 bits per heavy atom. The maximum absolute atomic E-state index is 13.0. The van der Waals surface area contributed by atoms with Crippen LogP contribution in [0.4, 0.5) is 10.9 Å². The molecule has 0 aromatic carbocycles. The van der Waals surface area contributed by atoms with E-state index in [0.29, 0.717) is 36.9 Å². The molecule has 2 atom stereocenters. The van der Waals surface area contributed by atoms with Gasteiger partial charge < -0.3 is 26.4 Å². The van der Waals surface area contributed by atoms with Gasteiger partial charge >= 0.3 is 0 Å². The number of fused-ring (bicyclic) bond motifs is 2. The molecule has 1 amide bonds. The van der Waals surface area contributed by atoms with Gasteiger partial charge in [-0.15, -0.1) is 34.0 Å². The summed E-state index contributed by atoms with van der Waals surface area (Å²) in [6.45, 7) is 2.82. The van der Waals surface area contributed by atoms with Crippen molar-refractivity contribution in [3.8, 4) is 10.6 Å². The maximum atomic E-state index is 13.0. The Bertz CT molecular complexity index is 1840. The van der Waals surface area contributed by atoms with Crippen LogP contribution in [0.1, 0.15) is 46.6 Å². The van der Waals surface area contributed by atoms with E-state index in [9.17, 15) is 9.59 Å². The van der Waals surface area contributed by atoms with Crippen molar-refractivity contribution in [3.05, 3.63) is 50.3 Å². The molecule has 0 radical (unpaired) electrons. The monoisotopic (exact) mass is 623 g/mol. The summed E-state index contributed by atoms with van der Waals surface area (Å²) >= 11 is 4.56. The van der Waals surface area contributed by atoms with Gasteiger partial charge in [0.1, 0.15) is 16.9 Å². The van der Waals surface area contributed by atoms with Gasteiger partial charge in [-0.05, 0) is 12.8 Å². The molecule has 2 fully saturated rings. The minimum atomic E-state index is -0.620. The average Bonchev–Trinajstić information content (AvgIpc) is 3.75. The van der Waals surface area contributed by atoms with E-state index in [1.807, 2.05) is 5.38 Å². The van der Waals surface area contributed by atoms with Crippen molar-refractivity contribution < 1.29 is 9.53 Å². The van der Waals surface area contributed by atoms with Crippen LogP contribution < -0.4 is 27.1 Å². The molecule has 7 rings (SSSR count). The Kier molecular flexibility index (Phi) is 7.35. The molecule has 12 nitrogen and oxygen atoms in total. The van der Waals surface area contributed by atoms with Crippen molar-refractivity contribution in [2.45, 2.75) is 44.2 Å². The molecule has 1 aliphatic carbocycles. The highest BCUT2D eigenvalue weighted by atomic mass is 32.1. The molecule has 5 N–H and O–H groups in total. The normalized spacial score (nSPS) is 19.5. The van der Waals surface area contributed by atoms with Gasteiger partial charge in [0.25, 0.3) is 5.91 Å². The van der Waals surface area contributed by atoms with Crippen LogP contribution in [0.15, 0.2) is 28.8 Å². The number of ether oxygens (including phenoxy) is 1. The van der Waals surface area contributed by atoms with Crippen LogP contribution in [-0.2, 0) is 11.2 Å². The highest BCUT2D eigenvalue weighted by Gasteiger charge is 2.26. The van der Waals surface area contributed by atoms with Gasteiger partial charge in [-0.25, -0.2) is 15.0 Å². The number of hydrogen-bond donors (Lipinski definition) is 3. The smallest absolute Gasteiger partial charge is 0.254 e. The van der Waals surface area contributed by atoms with Crippen molar-refractivity contribution in [1.29, 1.82) is 0 Å². The predicted molar refractivity (Wildman–Crippen MR) is 166 cm³/mol. The summed E-state index contributed by atoms with van der Waals surface area (Å²) in [5.41, 5.74) is 14.3. The highest BCUT2D eigenvalue weighted by molar-refractivity contribution is 7.29. The number of nitrogens with one attached hydrogen (secondary N) is 1. The number of thiophene rings is 1. The van der Waals surface area contributed by atoms with Crippen molar-refractivity contribution in [2.24, 2.45) is 11.5 Å². The first-order chi connectivity index (χ1) is 20.5. The lowest BCUT2D eigenvalue weighted by molar-refractivity contribution is 0.1000. The second-order valence-electron chi connectivity index (χ2n) is 10.5. The Morgan fingerprint density at radius 1 is 1.14 bits per heavy atom. The third-order valence-electron chi connectivity index (χ3n) is 7.76. The lowest BCUT2D eigenvalue weighted by atomic mass is 9.91. The molecule has 5 aromatic heterocycles. The number of carbonyl (C=O) groups is 1. The second kappa shape index (κ2) is 11.3. The molecule has 0 bridgehead atoms. The summed E-state index contributed by atoms with van der Waals surface area (Å²) in [4.78, 5) is 42.6. The second-order valence-corrected chi connectivity index (χ2v) is 13.5. The molecule has 15 heteroatoms. The minimum absolute atomic E-state index is 0.00217. The van der Waals surface area contributed by atoms with Crippen LogP contribution in [0.5, 0.6) is 0 Å². The summed E-state index contributed by atoms with van der Waals surface area (Å²) in [7, 11) is 0. The molecular formula is C27H29N9O3S3. The first kappa shape index (κ1) is 27.3. The van der Waals surface area contributed by atoms with E-state index in [1.54, 1.807) is 23.6 Å². The number of carbonyl (C=O) groups excluding carboxylic acids is 1. The Balaban J connectivity index is 1.23. The molecule has 6 heterocycles. The first-order valence-electron chi connectivity index (χ1n) is 13.8. The SMILES string of the molecule is NC(=O)c1c(Cc2cnc(-c3csc4c(=O)cc(N5CCOCC5)sc34)s2)nc(N[C@H]2CCCC[C@H]2N)n2ncnc12. The zero-order valence-electron chi connectivity index (χ0n) is 22.6. The molecule has 1 aliphatic heterocycles. The molecule has 1 saturated heterocycles. The zero-order valence-corrected chi connectivity index (χ0v) is 25.1. The molecule has 218 valence electrons. The zero-order chi connectivity index (χ0) is 28.8. The van der Waals surface area contributed by atoms with Crippen molar-refractivity contribution in [3.63, 3.8) is 0 Å². The largest absolute Gasteiger partial charge is 0.378 e. The summed E-state index contributed by atoms with van der Waals surface area (Å²) in [5, 5.41) is 11.5. The maximum Gasteiger partial charge on any atom is 0.254 e. The standard InChI is InChI=1S/C27H29N9O3S3/c28-16-3-1-2-4-17(16)33-27-34-18(21(24(29)38)25-31-13-32-36(25)27)9-14-11-30-26(41-14)15-12-40-23-19(37)10-20(42-22(15)23)35-5-7-39-8-6-35/h10-13,16-17H,1-9,28H2,(H2,29,38)(H,33,34)/t16-,17+/m1/s1. The van der Waals surface area contributed by atoms with Gasteiger partial charge in [-0.1, -0.05) is 12.8 Å². The number of nitrogens with zero attached hydrogens (tertiary/aromatic N) is 6. The van der Waals surface area contributed by atoms with E-state index in [4.69, 9.17) is 26.2 Å². The van der Waals surface area contributed by atoms with E-state index in [-0.39, 0.29) is 23.1 Å². The molecule has 2 aliphatic rings. The highest BCUT2D eigenvalue weighted by Crippen LogP contribution is 2.40. The van der Waals surface area contributed by atoms with Crippen molar-refractivity contribution in [1.82, 2.24) is 24.6 Å². The van der Waals surface area contributed by atoms with Gasteiger partial charge in [-0.3, -0.25) is 9.59 Å². The Morgan fingerprint density at radius 2 is 1.98 bits per heavy atom. The summed E-state index contributed by atoms with van der Waals surface area (Å²) in [6, 6.07) is 1.78. The summed E-state index contributed by atoms with van der Waals surface area (Å²) < 4.78 is 8.68. The lowest BCUT2D eigenvalue weighted by Crippen LogP contribution is -2.43. The third-order valence-corrected chi connectivity index (χ3v) is 11.1. The molecule has 0 spiro atoms. The van der Waals surface area contributed by atoms with Crippen LogP contribution in [0.3, 0.4) is 0 Å². The van der Waals surface area contributed by atoms with Crippen LogP contribution >= 0.6 is 34.0 Å². The van der Waals surface area contributed by atoms with Crippen molar-refractivity contribution >= 4 is 65.9 Å². The number of thiazole rings is 1. The molecule has 0 unspecified atom stereocenters. The first-order valence-corrected chi connectivity index (χ1v) is 16.3. The van der Waals surface area contributed by atoms with E-state index in [1.165, 1.54) is 33.5 Å². The molecule has 42 heavy (non-hydrogen) atoms. The summed E-state index contributed by atoms with van der Waals surface area (Å²) in [5.74, 6) is -0.135. The van der Waals surface area contributed by atoms with Gasteiger partial charge in [0.2, 0.25) is 5.95 Å². The lowest BCUT2D eigenvalue weighted by Gasteiger charge is -2.29. The number of amides is 1. The van der Waals surface area contributed by atoms with E-state index >= 15 is 0 Å². The van der Waals surface area contributed by atoms with Gasteiger partial charge in [0.15, 0.2) is 11.1 Å². The van der Waals surface area contributed by atoms with E-state index in [2.05, 4.69) is 20.3 Å². The number of aromatic nitrogens is 5. The van der Waals surface area contributed by atoms with E-state index in [0.717, 1.165) is 68.6 Å². The van der Waals surface area contributed by atoms with Crippen LogP contribution in [-0.4, -0.2) is 68.9 Å². The van der Waals surface area contributed by atoms with Crippen LogP contribution in [0.2, 0.25) is 0 Å². The fourth-order valence-corrected chi connectivity index (χ4v) is 9.03. The Labute approximate surface area is 252 Å². The number of hydrogen-bond acceptors (Lipinski definition) is 13. The number of nitrogens with two attached hydrogens (primary N) is 2. The van der Waals surface area contributed by atoms with Crippen LogP contribution in [0.25, 0.3) is 25.6 Å². The molecule has 5 aromatic rings. The van der Waals surface area contributed by atoms with Crippen molar-refractivity contribution in [2.75, 3.05) is 36.5 Å². The quantitative estimate of drug-likeness (QED) is 0.245. The number of primary amides is 1. The van der Waals surface area contributed by atoms with E-state index < -0.39 is 5.91 Å². The minimum Gasteiger partial charge on any atom is -0.378 e. The van der Waals surface area contributed by atoms with Crippen LogP contribution in [0, 0.1) is 0 Å². The Hall–Kier alpha value is -3.50. The number of morpholine rings is 1. The number of rotatable bonds is 7. The molecular weight excluding hydrogens is 595 g/mol. The third kappa shape index (κ3) is 5.04. The predicted octanol–water partition coefficient (Wildman–Crippen LogP) is 3.09. The fourth-order valence-electron chi connectivity index (χ4n) is 5.60.